The van der Waals surface area contributed by atoms with Gasteiger partial charge in [-0.15, -0.1) is 23.7 Å². The third-order valence-corrected chi connectivity index (χ3v) is 4.83. The Labute approximate surface area is 157 Å². The molecule has 0 aliphatic rings. The van der Waals surface area contributed by atoms with Crippen molar-refractivity contribution in [1.29, 1.82) is 0 Å². The monoisotopic (exact) mass is 376 g/mol. The lowest BCUT2D eigenvalue weighted by Crippen LogP contribution is -2.09. The van der Waals surface area contributed by atoms with Crippen molar-refractivity contribution in [2.24, 2.45) is 5.73 Å². The molecule has 25 heavy (non-hydrogen) atoms. The Morgan fingerprint density at radius 3 is 2.48 bits per heavy atom. The number of aromatic nitrogens is 3. The van der Waals surface area contributed by atoms with E-state index in [4.69, 9.17) is 10.3 Å². The van der Waals surface area contributed by atoms with Gasteiger partial charge < -0.3 is 10.3 Å². The Kier molecular flexibility index (Phi) is 6.11. The largest absolute Gasteiger partial charge is 0.334 e. The number of hydrogen-bond acceptors (Lipinski definition) is 6. The second-order valence-corrected chi connectivity index (χ2v) is 7.57. The normalized spacial score (nSPS) is 11.7. The van der Waals surface area contributed by atoms with Gasteiger partial charge in [-0.2, -0.15) is 4.98 Å². The molecule has 0 bridgehead atoms. The summed E-state index contributed by atoms with van der Waals surface area (Å²) in [7, 11) is 0. The zero-order valence-corrected chi connectivity index (χ0v) is 16.0. The van der Waals surface area contributed by atoms with E-state index in [2.05, 4.69) is 35.9 Å². The highest BCUT2D eigenvalue weighted by atomic mass is 35.5. The molecule has 0 unspecified atom stereocenters. The Morgan fingerprint density at radius 2 is 1.88 bits per heavy atom. The van der Waals surface area contributed by atoms with Crippen molar-refractivity contribution in [1.82, 2.24) is 15.1 Å². The van der Waals surface area contributed by atoms with Gasteiger partial charge in [-0.3, -0.25) is 0 Å². The van der Waals surface area contributed by atoms with E-state index in [0.717, 1.165) is 21.0 Å². The van der Waals surface area contributed by atoms with Gasteiger partial charge in [0.15, 0.2) is 0 Å². The number of nitrogens with two attached hydrogens (primary N) is 1. The van der Waals surface area contributed by atoms with E-state index < -0.39 is 0 Å². The van der Waals surface area contributed by atoms with E-state index in [1.54, 1.807) is 11.3 Å². The minimum absolute atomic E-state index is 0. The van der Waals surface area contributed by atoms with Crippen LogP contribution in [0.4, 0.5) is 0 Å². The molecule has 2 heterocycles. The summed E-state index contributed by atoms with van der Waals surface area (Å²) in [5, 5.41) is 5.12. The molecule has 0 saturated heterocycles. The zero-order valence-electron chi connectivity index (χ0n) is 14.4. The number of nitrogens with zero attached hydrogens (tertiary/aromatic N) is 3. The summed E-state index contributed by atoms with van der Waals surface area (Å²) in [4.78, 5) is 9.92. The van der Waals surface area contributed by atoms with Gasteiger partial charge in [-0.05, 0) is 11.6 Å². The smallest absolute Gasteiger partial charge is 0.250 e. The Bertz CT molecular complexity index is 847. The van der Waals surface area contributed by atoms with E-state index >= 15 is 0 Å². The molecule has 0 radical (unpaired) electrons. The summed E-state index contributed by atoms with van der Waals surface area (Å²) in [5.41, 5.74) is 7.64. The van der Waals surface area contributed by atoms with Crippen LogP contribution < -0.4 is 5.73 Å². The number of rotatable bonds is 4. The minimum atomic E-state index is 0. The Balaban J connectivity index is 0.00000225. The summed E-state index contributed by atoms with van der Waals surface area (Å²) >= 11 is 1.67. The molecule has 2 N–H and O–H groups in total. The van der Waals surface area contributed by atoms with Crippen LogP contribution >= 0.6 is 23.7 Å². The van der Waals surface area contributed by atoms with Crippen molar-refractivity contribution >= 4 is 35.9 Å². The maximum Gasteiger partial charge on any atom is 0.250 e. The van der Waals surface area contributed by atoms with Gasteiger partial charge in [-0.25, -0.2) is 4.98 Å². The van der Waals surface area contributed by atoms with Gasteiger partial charge >= 0.3 is 0 Å². The fourth-order valence-corrected chi connectivity index (χ4v) is 2.95. The standard InChI is InChI=1S/C18H20N4OS.ClH/c1-18(2,3)17-20-11-14(24-17)8-9-15-21-16(22-23-15)13-6-4-12(10-19)5-7-13;/h4-9,11H,10,19H2,1-3H3;1H/b9-8+;. The van der Waals surface area contributed by atoms with Gasteiger partial charge in [-0.1, -0.05) is 50.2 Å². The van der Waals surface area contributed by atoms with Crippen LogP contribution in [-0.2, 0) is 12.0 Å². The molecule has 5 nitrogen and oxygen atoms in total. The predicted octanol–water partition coefficient (Wildman–Crippen LogP) is 4.54. The molecule has 0 fully saturated rings. The Hall–Kier alpha value is -2.02. The topological polar surface area (TPSA) is 77.8 Å². The van der Waals surface area contributed by atoms with E-state index in [1.165, 1.54) is 0 Å². The Morgan fingerprint density at radius 1 is 1.16 bits per heavy atom. The molecular weight excluding hydrogens is 356 g/mol. The van der Waals surface area contributed by atoms with Crippen LogP contribution in [0.15, 0.2) is 35.0 Å². The van der Waals surface area contributed by atoms with Crippen molar-refractivity contribution in [3.05, 3.63) is 51.8 Å². The number of hydrogen-bond donors (Lipinski definition) is 1. The quantitative estimate of drug-likeness (QED) is 0.723. The molecule has 132 valence electrons. The first-order valence-corrected chi connectivity index (χ1v) is 8.55. The lowest BCUT2D eigenvalue weighted by Gasteiger charge is -2.13. The van der Waals surface area contributed by atoms with Crippen molar-refractivity contribution < 1.29 is 4.52 Å². The third-order valence-electron chi connectivity index (χ3n) is 3.44. The van der Waals surface area contributed by atoms with Crippen LogP contribution in [0.3, 0.4) is 0 Å². The van der Waals surface area contributed by atoms with E-state index in [9.17, 15) is 0 Å². The molecule has 1 aromatic carbocycles. The van der Waals surface area contributed by atoms with Gasteiger partial charge in [0.2, 0.25) is 5.82 Å². The summed E-state index contributed by atoms with van der Waals surface area (Å²) < 4.78 is 5.28. The van der Waals surface area contributed by atoms with Crippen LogP contribution in [0.2, 0.25) is 0 Å². The van der Waals surface area contributed by atoms with Crippen molar-refractivity contribution in [2.75, 3.05) is 0 Å². The highest BCUT2D eigenvalue weighted by Gasteiger charge is 2.17. The molecule has 7 heteroatoms. The molecule has 0 atom stereocenters. The first-order valence-electron chi connectivity index (χ1n) is 7.73. The average molecular weight is 377 g/mol. The summed E-state index contributed by atoms with van der Waals surface area (Å²) in [6.07, 6.45) is 5.62. The molecule has 3 rings (SSSR count). The summed E-state index contributed by atoms with van der Waals surface area (Å²) in [6.45, 7) is 6.98. The van der Waals surface area contributed by atoms with E-state index in [0.29, 0.717) is 18.3 Å². The van der Waals surface area contributed by atoms with Crippen LogP contribution in [0.1, 0.15) is 42.1 Å². The van der Waals surface area contributed by atoms with E-state index in [1.807, 2.05) is 42.6 Å². The number of halogens is 1. The molecule has 0 aliphatic heterocycles. The second-order valence-electron chi connectivity index (χ2n) is 6.51. The van der Waals surface area contributed by atoms with Crippen LogP contribution in [0.5, 0.6) is 0 Å². The molecule has 3 aromatic rings. The van der Waals surface area contributed by atoms with Crippen LogP contribution in [0, 0.1) is 0 Å². The maximum atomic E-state index is 5.60. The third kappa shape index (κ3) is 4.75. The lowest BCUT2D eigenvalue weighted by molar-refractivity contribution is 0.411. The highest BCUT2D eigenvalue weighted by Crippen LogP contribution is 2.27. The number of thiazole rings is 1. The van der Waals surface area contributed by atoms with Gasteiger partial charge in [0.25, 0.3) is 5.89 Å². The van der Waals surface area contributed by atoms with Crippen molar-refractivity contribution in [2.45, 2.75) is 32.7 Å². The summed E-state index contributed by atoms with van der Waals surface area (Å²) in [6, 6.07) is 7.82. The van der Waals surface area contributed by atoms with Gasteiger partial charge in [0.05, 0.1) is 5.01 Å². The second kappa shape index (κ2) is 7.91. The fraction of sp³-hybridized carbons (Fsp3) is 0.278. The lowest BCUT2D eigenvalue weighted by atomic mass is 9.98. The predicted molar refractivity (Wildman–Crippen MR) is 105 cm³/mol. The van der Waals surface area contributed by atoms with E-state index in [-0.39, 0.29) is 17.8 Å². The van der Waals surface area contributed by atoms with Crippen LogP contribution in [0.25, 0.3) is 23.5 Å². The minimum Gasteiger partial charge on any atom is -0.334 e. The first kappa shape index (κ1) is 19.3. The molecule has 0 spiro atoms. The molecular formula is C18H21ClN4OS. The van der Waals surface area contributed by atoms with Crippen molar-refractivity contribution in [3.63, 3.8) is 0 Å². The summed E-state index contributed by atoms with van der Waals surface area (Å²) in [5.74, 6) is 1.04. The molecule has 0 saturated carbocycles. The maximum absolute atomic E-state index is 5.60. The zero-order chi connectivity index (χ0) is 17.2. The molecule has 0 aliphatic carbocycles. The first-order chi connectivity index (χ1) is 11.5. The molecule has 0 amide bonds. The highest BCUT2D eigenvalue weighted by molar-refractivity contribution is 7.12. The van der Waals surface area contributed by atoms with Crippen molar-refractivity contribution in [3.8, 4) is 11.4 Å². The van der Waals surface area contributed by atoms with Gasteiger partial charge in [0, 0.05) is 34.7 Å². The van der Waals surface area contributed by atoms with Crippen LogP contribution in [-0.4, -0.2) is 15.1 Å². The molecule has 2 aromatic heterocycles. The fourth-order valence-electron chi connectivity index (χ4n) is 2.07. The average Bonchev–Trinajstić information content (AvgIpc) is 3.22. The number of benzene rings is 1. The SMILES string of the molecule is CC(C)(C)c1ncc(/C=C/c2nc(-c3ccc(CN)cc3)no2)s1.Cl. The van der Waals surface area contributed by atoms with Gasteiger partial charge in [0.1, 0.15) is 0 Å².